The molecule has 0 bridgehead atoms. The molecule has 3 rings (SSSR count). The van der Waals surface area contributed by atoms with E-state index >= 15 is 0 Å². The number of rotatable bonds is 4. The maximum Gasteiger partial charge on any atom is 0.370 e. The SMILES string of the molecule is CC1(CCOc2ccc3ccc(=O)oc3c2)COC(=C=O)O1. The summed E-state index contributed by atoms with van der Waals surface area (Å²) in [6, 6.07) is 8.36. The number of carbonyl (C=O) groups excluding carboxylic acids is 1. The van der Waals surface area contributed by atoms with Crippen molar-refractivity contribution in [2.45, 2.75) is 18.9 Å². The summed E-state index contributed by atoms with van der Waals surface area (Å²) in [5.74, 6) is 2.07. The summed E-state index contributed by atoms with van der Waals surface area (Å²) < 4.78 is 21.2. The first kappa shape index (κ1) is 14.2. The molecule has 1 unspecified atom stereocenters. The van der Waals surface area contributed by atoms with Gasteiger partial charge in [0.2, 0.25) is 5.94 Å². The number of benzene rings is 1. The summed E-state index contributed by atoms with van der Waals surface area (Å²) in [6.07, 6.45) is 0.537. The van der Waals surface area contributed by atoms with Crippen LogP contribution in [-0.4, -0.2) is 24.8 Å². The summed E-state index contributed by atoms with van der Waals surface area (Å²) >= 11 is 0. The molecule has 0 amide bonds. The first-order valence-electron chi connectivity index (χ1n) is 6.82. The van der Waals surface area contributed by atoms with Crippen molar-refractivity contribution in [3.8, 4) is 5.75 Å². The normalized spacial score (nSPS) is 20.3. The topological polar surface area (TPSA) is 75.0 Å². The lowest BCUT2D eigenvalue weighted by Gasteiger charge is -2.19. The summed E-state index contributed by atoms with van der Waals surface area (Å²) in [7, 11) is 0. The fraction of sp³-hybridized carbons (Fsp3) is 0.312. The van der Waals surface area contributed by atoms with Crippen LogP contribution < -0.4 is 10.4 Å². The van der Waals surface area contributed by atoms with E-state index in [9.17, 15) is 9.59 Å². The Morgan fingerprint density at radius 3 is 2.91 bits per heavy atom. The van der Waals surface area contributed by atoms with Crippen molar-refractivity contribution < 1.29 is 23.4 Å². The van der Waals surface area contributed by atoms with Crippen molar-refractivity contribution in [2.75, 3.05) is 13.2 Å². The molecule has 0 spiro atoms. The van der Waals surface area contributed by atoms with E-state index in [1.165, 1.54) is 6.07 Å². The van der Waals surface area contributed by atoms with Gasteiger partial charge in [-0.2, -0.15) is 0 Å². The van der Waals surface area contributed by atoms with Gasteiger partial charge in [-0.15, -0.1) is 0 Å². The molecule has 6 nitrogen and oxygen atoms in total. The van der Waals surface area contributed by atoms with E-state index in [4.69, 9.17) is 18.6 Å². The minimum atomic E-state index is -0.601. The zero-order valence-electron chi connectivity index (χ0n) is 12.0. The lowest BCUT2D eigenvalue weighted by Crippen LogP contribution is -2.29. The van der Waals surface area contributed by atoms with Crippen molar-refractivity contribution in [3.05, 3.63) is 46.7 Å². The Hall–Kier alpha value is -2.72. The third kappa shape index (κ3) is 2.97. The molecule has 1 aliphatic heterocycles. The first-order valence-corrected chi connectivity index (χ1v) is 6.82. The molecule has 2 aromatic rings. The van der Waals surface area contributed by atoms with Gasteiger partial charge in [-0.25, -0.2) is 9.59 Å². The lowest BCUT2D eigenvalue weighted by molar-refractivity contribution is 0.0465. The summed E-state index contributed by atoms with van der Waals surface area (Å²) in [5, 5.41) is 0.826. The van der Waals surface area contributed by atoms with Gasteiger partial charge in [-0.1, -0.05) is 0 Å². The molecular weight excluding hydrogens is 288 g/mol. The minimum absolute atomic E-state index is 0.116. The smallest absolute Gasteiger partial charge is 0.370 e. The summed E-state index contributed by atoms with van der Waals surface area (Å²) in [4.78, 5) is 21.7. The van der Waals surface area contributed by atoms with Crippen LogP contribution in [-0.2, 0) is 14.3 Å². The van der Waals surface area contributed by atoms with Crippen LogP contribution in [0.2, 0.25) is 0 Å². The van der Waals surface area contributed by atoms with Crippen molar-refractivity contribution in [3.63, 3.8) is 0 Å². The third-order valence-corrected chi connectivity index (χ3v) is 3.43. The van der Waals surface area contributed by atoms with Gasteiger partial charge in [0, 0.05) is 23.9 Å². The van der Waals surface area contributed by atoms with Gasteiger partial charge in [0.25, 0.3) is 0 Å². The van der Waals surface area contributed by atoms with Crippen LogP contribution in [0.5, 0.6) is 5.75 Å². The zero-order chi connectivity index (χ0) is 15.6. The van der Waals surface area contributed by atoms with Crippen LogP contribution in [0.4, 0.5) is 0 Å². The van der Waals surface area contributed by atoms with Gasteiger partial charge in [0.1, 0.15) is 23.5 Å². The number of hydrogen-bond acceptors (Lipinski definition) is 6. The Balaban J connectivity index is 1.64. The fourth-order valence-corrected chi connectivity index (χ4v) is 2.19. The second-order valence-corrected chi connectivity index (χ2v) is 5.28. The lowest BCUT2D eigenvalue weighted by atomic mass is 10.1. The second-order valence-electron chi connectivity index (χ2n) is 5.28. The maximum atomic E-state index is 11.2. The van der Waals surface area contributed by atoms with Crippen LogP contribution in [0, 0.1) is 0 Å². The molecule has 0 saturated carbocycles. The summed E-state index contributed by atoms with van der Waals surface area (Å²) in [6.45, 7) is 2.49. The Labute approximate surface area is 125 Å². The molecule has 2 heterocycles. The van der Waals surface area contributed by atoms with Crippen LogP contribution in [0.3, 0.4) is 0 Å². The monoisotopic (exact) mass is 302 g/mol. The highest BCUT2D eigenvalue weighted by atomic mass is 16.7. The van der Waals surface area contributed by atoms with Crippen LogP contribution in [0.1, 0.15) is 13.3 Å². The van der Waals surface area contributed by atoms with E-state index in [1.54, 1.807) is 24.1 Å². The van der Waals surface area contributed by atoms with E-state index < -0.39 is 11.2 Å². The molecule has 6 heteroatoms. The van der Waals surface area contributed by atoms with Crippen molar-refractivity contribution >= 4 is 16.9 Å². The van der Waals surface area contributed by atoms with Crippen LogP contribution in [0.25, 0.3) is 11.0 Å². The minimum Gasteiger partial charge on any atom is -0.493 e. The van der Waals surface area contributed by atoms with E-state index in [0.29, 0.717) is 24.4 Å². The standard InChI is InChI=1S/C16H14O6/c1-16(10-20-15(9-17)22-16)6-7-19-12-4-2-11-3-5-14(18)21-13(11)8-12/h2-5,8H,6-7,10H2,1H3. The molecule has 1 aliphatic rings. The molecule has 1 aromatic heterocycles. The van der Waals surface area contributed by atoms with Gasteiger partial charge < -0.3 is 18.6 Å². The summed E-state index contributed by atoms with van der Waals surface area (Å²) in [5.41, 5.74) is -0.527. The second kappa shape index (κ2) is 5.58. The van der Waals surface area contributed by atoms with Crippen molar-refractivity contribution in [2.24, 2.45) is 0 Å². The fourth-order valence-electron chi connectivity index (χ4n) is 2.19. The van der Waals surface area contributed by atoms with Gasteiger partial charge in [0.05, 0.1) is 6.61 Å². The van der Waals surface area contributed by atoms with E-state index in [0.717, 1.165) is 5.39 Å². The highest BCUT2D eigenvalue weighted by Gasteiger charge is 2.36. The van der Waals surface area contributed by atoms with Crippen molar-refractivity contribution in [1.29, 1.82) is 0 Å². The van der Waals surface area contributed by atoms with Crippen LogP contribution >= 0.6 is 0 Å². The largest absolute Gasteiger partial charge is 0.493 e. The third-order valence-electron chi connectivity index (χ3n) is 3.43. The predicted molar refractivity (Wildman–Crippen MR) is 77.2 cm³/mol. The Morgan fingerprint density at radius 2 is 2.14 bits per heavy atom. The average Bonchev–Trinajstić information content (AvgIpc) is 2.88. The van der Waals surface area contributed by atoms with Gasteiger partial charge in [0.15, 0.2) is 0 Å². The molecule has 1 aromatic carbocycles. The van der Waals surface area contributed by atoms with Gasteiger partial charge in [-0.3, -0.25) is 0 Å². The van der Waals surface area contributed by atoms with Crippen molar-refractivity contribution in [1.82, 2.24) is 0 Å². The molecule has 114 valence electrons. The Bertz CT molecular complexity index is 802. The van der Waals surface area contributed by atoms with E-state index in [-0.39, 0.29) is 12.6 Å². The number of fused-ring (bicyclic) bond motifs is 1. The molecular formula is C16H14O6. The predicted octanol–water partition coefficient (Wildman–Crippen LogP) is 2.04. The van der Waals surface area contributed by atoms with E-state index in [2.05, 4.69) is 0 Å². The highest BCUT2D eigenvalue weighted by molar-refractivity contribution is 5.77. The molecule has 1 saturated heterocycles. The molecule has 0 aliphatic carbocycles. The molecule has 0 N–H and O–H groups in total. The highest BCUT2D eigenvalue weighted by Crippen LogP contribution is 2.27. The molecule has 0 radical (unpaired) electrons. The first-order chi connectivity index (χ1) is 10.6. The molecule has 1 atom stereocenters. The quantitative estimate of drug-likeness (QED) is 0.635. The average molecular weight is 302 g/mol. The molecule has 1 fully saturated rings. The van der Waals surface area contributed by atoms with E-state index in [1.807, 2.05) is 13.0 Å². The Kier molecular flexibility index (Phi) is 3.61. The Morgan fingerprint density at radius 1 is 1.32 bits per heavy atom. The van der Waals surface area contributed by atoms with Crippen LogP contribution in [0.15, 0.2) is 45.5 Å². The zero-order valence-corrected chi connectivity index (χ0v) is 12.0. The molecule has 22 heavy (non-hydrogen) atoms. The van der Waals surface area contributed by atoms with Gasteiger partial charge >= 0.3 is 11.6 Å². The maximum absolute atomic E-state index is 11.2. The number of ether oxygens (including phenoxy) is 3. The number of hydrogen-bond donors (Lipinski definition) is 0. The van der Waals surface area contributed by atoms with Gasteiger partial charge in [-0.05, 0) is 25.1 Å².